The lowest BCUT2D eigenvalue weighted by Gasteiger charge is -2.07. The summed E-state index contributed by atoms with van der Waals surface area (Å²) < 4.78 is 6.32. The minimum atomic E-state index is -0.661. The number of hydrogen-bond acceptors (Lipinski definition) is 4. The molecule has 6 nitrogen and oxygen atoms in total. The molecule has 0 saturated carbocycles. The van der Waals surface area contributed by atoms with Gasteiger partial charge in [0.15, 0.2) is 0 Å². The van der Waals surface area contributed by atoms with Crippen LogP contribution in [-0.2, 0) is 0 Å². The van der Waals surface area contributed by atoms with Crippen molar-refractivity contribution in [2.45, 2.75) is 0 Å². The standard InChI is InChI=1S/C11H8ClIN4O2/c12-8-3-7(17-10(14)18)1-2-9(8)19-11-15-4-6(13)5-16-11/h1-5H,(H3,14,17,18). The van der Waals surface area contributed by atoms with Crippen molar-refractivity contribution in [3.8, 4) is 11.8 Å². The lowest BCUT2D eigenvalue weighted by atomic mass is 10.3. The van der Waals surface area contributed by atoms with Gasteiger partial charge in [-0.1, -0.05) is 11.6 Å². The number of aromatic nitrogens is 2. The highest BCUT2D eigenvalue weighted by Crippen LogP contribution is 2.30. The minimum Gasteiger partial charge on any atom is -0.423 e. The summed E-state index contributed by atoms with van der Waals surface area (Å²) in [4.78, 5) is 18.7. The van der Waals surface area contributed by atoms with E-state index in [1.807, 2.05) is 0 Å². The second-order valence-electron chi connectivity index (χ2n) is 3.42. The first-order chi connectivity index (χ1) is 9.04. The molecule has 8 heteroatoms. The van der Waals surface area contributed by atoms with Crippen molar-refractivity contribution in [3.63, 3.8) is 0 Å². The predicted molar refractivity (Wildman–Crippen MR) is 79.5 cm³/mol. The van der Waals surface area contributed by atoms with Crippen LogP contribution >= 0.6 is 34.2 Å². The van der Waals surface area contributed by atoms with Gasteiger partial charge in [0.25, 0.3) is 0 Å². The quantitative estimate of drug-likeness (QED) is 0.788. The molecule has 19 heavy (non-hydrogen) atoms. The number of nitrogens with two attached hydrogens (primary N) is 1. The Morgan fingerprint density at radius 3 is 2.63 bits per heavy atom. The largest absolute Gasteiger partial charge is 0.423 e. The highest BCUT2D eigenvalue weighted by Gasteiger charge is 2.07. The van der Waals surface area contributed by atoms with Crippen LogP contribution in [0.3, 0.4) is 0 Å². The number of benzene rings is 1. The van der Waals surface area contributed by atoms with Crippen LogP contribution in [-0.4, -0.2) is 16.0 Å². The Morgan fingerprint density at radius 1 is 1.37 bits per heavy atom. The van der Waals surface area contributed by atoms with Crippen molar-refractivity contribution in [3.05, 3.63) is 39.2 Å². The molecular formula is C11H8ClIN4O2. The maximum atomic E-state index is 10.7. The van der Waals surface area contributed by atoms with E-state index in [9.17, 15) is 4.79 Å². The summed E-state index contributed by atoms with van der Waals surface area (Å²) in [5.74, 6) is 0.387. The Labute approximate surface area is 127 Å². The minimum absolute atomic E-state index is 0.193. The van der Waals surface area contributed by atoms with E-state index in [1.54, 1.807) is 24.5 Å². The van der Waals surface area contributed by atoms with Gasteiger partial charge in [-0.15, -0.1) is 0 Å². The molecule has 0 spiro atoms. The Bertz CT molecular complexity index is 606. The zero-order chi connectivity index (χ0) is 13.8. The van der Waals surface area contributed by atoms with Crippen molar-refractivity contribution < 1.29 is 9.53 Å². The molecule has 0 atom stereocenters. The number of primary amides is 1. The van der Waals surface area contributed by atoms with Gasteiger partial charge in [0.2, 0.25) is 0 Å². The summed E-state index contributed by atoms with van der Waals surface area (Å²) in [7, 11) is 0. The number of urea groups is 1. The van der Waals surface area contributed by atoms with E-state index in [2.05, 4.69) is 37.9 Å². The van der Waals surface area contributed by atoms with Gasteiger partial charge in [-0.05, 0) is 40.8 Å². The first-order valence-electron chi connectivity index (χ1n) is 5.06. The highest BCUT2D eigenvalue weighted by molar-refractivity contribution is 14.1. The van der Waals surface area contributed by atoms with Crippen LogP contribution in [0.1, 0.15) is 0 Å². The van der Waals surface area contributed by atoms with Crippen molar-refractivity contribution >= 4 is 45.9 Å². The van der Waals surface area contributed by atoms with Crippen molar-refractivity contribution in [1.29, 1.82) is 0 Å². The van der Waals surface area contributed by atoms with E-state index in [1.165, 1.54) is 6.07 Å². The van der Waals surface area contributed by atoms with Crippen LogP contribution in [0.2, 0.25) is 5.02 Å². The van der Waals surface area contributed by atoms with E-state index in [-0.39, 0.29) is 6.01 Å². The third kappa shape index (κ3) is 3.93. The summed E-state index contributed by atoms with van der Waals surface area (Å²) in [5, 5.41) is 2.72. The maximum Gasteiger partial charge on any atom is 0.321 e. The van der Waals surface area contributed by atoms with Gasteiger partial charge in [-0.2, -0.15) is 0 Å². The van der Waals surface area contributed by atoms with Crippen LogP contribution in [0, 0.1) is 3.57 Å². The molecule has 0 aliphatic rings. The van der Waals surface area contributed by atoms with Gasteiger partial charge in [0.05, 0.1) is 5.02 Å². The lowest BCUT2D eigenvalue weighted by molar-refractivity contribution is 0.259. The second-order valence-corrected chi connectivity index (χ2v) is 5.07. The average Bonchev–Trinajstić information content (AvgIpc) is 2.34. The van der Waals surface area contributed by atoms with Gasteiger partial charge in [0.1, 0.15) is 5.75 Å². The van der Waals surface area contributed by atoms with E-state index in [0.717, 1.165) is 3.57 Å². The number of amides is 2. The molecule has 0 bridgehead atoms. The van der Waals surface area contributed by atoms with Crippen LogP contribution < -0.4 is 15.8 Å². The summed E-state index contributed by atoms with van der Waals surface area (Å²) in [6.45, 7) is 0. The normalized spacial score (nSPS) is 10.0. The number of halogens is 2. The van der Waals surface area contributed by atoms with Gasteiger partial charge >= 0.3 is 12.0 Å². The van der Waals surface area contributed by atoms with Crippen LogP contribution in [0.5, 0.6) is 11.8 Å². The number of anilines is 1. The van der Waals surface area contributed by atoms with Crippen molar-refractivity contribution in [2.24, 2.45) is 5.73 Å². The van der Waals surface area contributed by atoms with Gasteiger partial charge in [-0.25, -0.2) is 14.8 Å². The second kappa shape index (κ2) is 6.02. The molecule has 0 aliphatic heterocycles. The number of rotatable bonds is 3. The number of nitrogens with zero attached hydrogens (tertiary/aromatic N) is 2. The Balaban J connectivity index is 2.17. The third-order valence-corrected chi connectivity index (χ3v) is 2.85. The molecule has 0 saturated heterocycles. The van der Waals surface area contributed by atoms with Gasteiger partial charge in [0, 0.05) is 21.7 Å². The molecule has 0 radical (unpaired) electrons. The summed E-state index contributed by atoms with van der Waals surface area (Å²) in [6, 6.07) is 4.26. The SMILES string of the molecule is NC(=O)Nc1ccc(Oc2ncc(I)cn2)c(Cl)c1. The fourth-order valence-electron chi connectivity index (χ4n) is 1.26. The van der Waals surface area contributed by atoms with Crippen LogP contribution in [0.15, 0.2) is 30.6 Å². The van der Waals surface area contributed by atoms with E-state index < -0.39 is 6.03 Å². The zero-order valence-corrected chi connectivity index (χ0v) is 12.3. The van der Waals surface area contributed by atoms with Crippen LogP contribution in [0.25, 0.3) is 0 Å². The maximum absolute atomic E-state index is 10.7. The third-order valence-electron chi connectivity index (χ3n) is 2.00. The van der Waals surface area contributed by atoms with E-state index in [0.29, 0.717) is 16.5 Å². The molecule has 1 aromatic carbocycles. The Hall–Kier alpha value is -1.61. The molecule has 2 rings (SSSR count). The molecule has 2 amide bonds. The monoisotopic (exact) mass is 390 g/mol. The molecule has 98 valence electrons. The fourth-order valence-corrected chi connectivity index (χ4v) is 1.75. The number of ether oxygens (including phenoxy) is 1. The number of hydrogen-bond donors (Lipinski definition) is 2. The Morgan fingerprint density at radius 2 is 2.05 bits per heavy atom. The van der Waals surface area contributed by atoms with E-state index >= 15 is 0 Å². The molecular weight excluding hydrogens is 383 g/mol. The first kappa shape index (κ1) is 13.8. The molecule has 1 aromatic heterocycles. The molecule has 0 unspecified atom stereocenters. The molecule has 2 aromatic rings. The first-order valence-corrected chi connectivity index (χ1v) is 6.51. The zero-order valence-electron chi connectivity index (χ0n) is 9.43. The van der Waals surface area contributed by atoms with Crippen LogP contribution in [0.4, 0.5) is 10.5 Å². The number of carbonyl (C=O) groups is 1. The fraction of sp³-hybridized carbons (Fsp3) is 0. The molecule has 0 aliphatic carbocycles. The summed E-state index contributed by atoms with van der Waals surface area (Å²) >= 11 is 8.11. The van der Waals surface area contributed by atoms with Gasteiger partial charge < -0.3 is 15.8 Å². The number of nitrogens with one attached hydrogen (secondary N) is 1. The summed E-state index contributed by atoms with van der Waals surface area (Å²) in [5.41, 5.74) is 5.49. The lowest BCUT2D eigenvalue weighted by Crippen LogP contribution is -2.19. The topological polar surface area (TPSA) is 90.1 Å². The molecule has 0 fully saturated rings. The molecule has 3 N–H and O–H groups in total. The van der Waals surface area contributed by atoms with Gasteiger partial charge in [-0.3, -0.25) is 0 Å². The highest BCUT2D eigenvalue weighted by atomic mass is 127. The predicted octanol–water partition coefficient (Wildman–Crippen LogP) is 3.02. The number of carbonyl (C=O) groups excluding carboxylic acids is 1. The summed E-state index contributed by atoms with van der Waals surface area (Å²) in [6.07, 6.45) is 3.25. The average molecular weight is 391 g/mol. The van der Waals surface area contributed by atoms with E-state index in [4.69, 9.17) is 22.1 Å². The smallest absolute Gasteiger partial charge is 0.321 e. The van der Waals surface area contributed by atoms with Crippen molar-refractivity contribution in [2.75, 3.05) is 5.32 Å². The van der Waals surface area contributed by atoms with Crippen molar-refractivity contribution in [1.82, 2.24) is 9.97 Å². The Kier molecular flexibility index (Phi) is 4.38. The molecule has 1 heterocycles.